The third-order valence-corrected chi connectivity index (χ3v) is 4.50. The Bertz CT molecular complexity index is 1150. The first-order valence-electron chi connectivity index (χ1n) is 8.89. The van der Waals surface area contributed by atoms with Crippen molar-refractivity contribution in [3.05, 3.63) is 95.8 Å². The predicted octanol–water partition coefficient (Wildman–Crippen LogP) is 5.36. The number of benzene rings is 3. The number of fused-ring (bicyclic) bond motifs is 1. The smallest absolute Gasteiger partial charge is 0.322 e. The Hall–Kier alpha value is -3.61. The molecule has 4 rings (SSSR count). The Balaban J connectivity index is 1.59. The lowest BCUT2D eigenvalue weighted by Gasteiger charge is -2.12. The molecule has 29 heavy (non-hydrogen) atoms. The molecule has 0 spiro atoms. The van der Waals surface area contributed by atoms with Gasteiger partial charge in [-0.2, -0.15) is 13.2 Å². The van der Waals surface area contributed by atoms with Gasteiger partial charge in [-0.1, -0.05) is 42.5 Å². The fraction of sp³-hybridized carbons (Fsp3) is 0.0909. The van der Waals surface area contributed by atoms with Gasteiger partial charge in [0.2, 0.25) is 5.82 Å². The Labute approximate surface area is 164 Å². The molecule has 1 amide bonds. The summed E-state index contributed by atoms with van der Waals surface area (Å²) in [4.78, 5) is 16.1. The normalized spacial score (nSPS) is 11.6. The van der Waals surface area contributed by atoms with Crippen LogP contribution in [0.15, 0.2) is 78.9 Å². The number of anilines is 1. The number of hydrogen-bond donors (Lipinski definition) is 1. The van der Waals surface area contributed by atoms with E-state index in [1.165, 1.54) is 0 Å². The molecule has 0 unspecified atom stereocenters. The molecule has 0 saturated heterocycles. The molecule has 4 aromatic rings. The molecule has 3 aromatic carbocycles. The monoisotopic (exact) mass is 395 g/mol. The van der Waals surface area contributed by atoms with Gasteiger partial charge in [0.1, 0.15) is 0 Å². The van der Waals surface area contributed by atoms with Crippen LogP contribution in [-0.2, 0) is 12.7 Å². The molecule has 1 heterocycles. The number of carbonyl (C=O) groups excluding carboxylic acids is 1. The Morgan fingerprint density at radius 1 is 0.897 bits per heavy atom. The number of aromatic nitrogens is 2. The number of rotatable bonds is 4. The van der Waals surface area contributed by atoms with Crippen LogP contribution in [0.1, 0.15) is 21.7 Å². The van der Waals surface area contributed by atoms with Crippen LogP contribution in [0.4, 0.5) is 18.9 Å². The summed E-state index contributed by atoms with van der Waals surface area (Å²) in [6.07, 6.45) is -4.56. The van der Waals surface area contributed by atoms with Crippen LogP contribution in [0.25, 0.3) is 11.0 Å². The van der Waals surface area contributed by atoms with E-state index < -0.39 is 12.0 Å². The van der Waals surface area contributed by atoms with Crippen molar-refractivity contribution >= 4 is 22.6 Å². The van der Waals surface area contributed by atoms with Gasteiger partial charge in [0.15, 0.2) is 0 Å². The number of nitrogens with one attached hydrogen (secondary N) is 1. The highest BCUT2D eigenvalue weighted by Crippen LogP contribution is 2.32. The van der Waals surface area contributed by atoms with E-state index in [-0.39, 0.29) is 12.5 Å². The highest BCUT2D eigenvalue weighted by molar-refractivity contribution is 6.04. The fourth-order valence-corrected chi connectivity index (χ4v) is 3.12. The molecule has 0 bridgehead atoms. The second kappa shape index (κ2) is 7.43. The number of nitrogens with zero attached hydrogens (tertiary/aromatic N) is 2. The summed E-state index contributed by atoms with van der Waals surface area (Å²) in [5.41, 5.74) is 2.42. The molecule has 1 N–H and O–H groups in total. The number of hydrogen-bond acceptors (Lipinski definition) is 2. The molecule has 7 heteroatoms. The zero-order chi connectivity index (χ0) is 20.4. The number of amides is 1. The molecular weight excluding hydrogens is 379 g/mol. The van der Waals surface area contributed by atoms with E-state index in [9.17, 15) is 18.0 Å². The molecule has 0 aliphatic rings. The summed E-state index contributed by atoms with van der Waals surface area (Å²) in [6, 6.07) is 22.0. The SMILES string of the molecule is O=C(Nc1ccccc1)c1ccc(Cn2c(C(F)(F)F)nc3ccccc32)cc1. The molecule has 0 atom stereocenters. The minimum Gasteiger partial charge on any atom is -0.322 e. The van der Waals surface area contributed by atoms with Gasteiger partial charge in [0.05, 0.1) is 11.0 Å². The number of halogens is 3. The van der Waals surface area contributed by atoms with Crippen LogP contribution in [0.5, 0.6) is 0 Å². The lowest BCUT2D eigenvalue weighted by molar-refractivity contribution is -0.146. The highest BCUT2D eigenvalue weighted by Gasteiger charge is 2.37. The maximum absolute atomic E-state index is 13.4. The van der Waals surface area contributed by atoms with E-state index in [2.05, 4.69) is 10.3 Å². The van der Waals surface area contributed by atoms with E-state index >= 15 is 0 Å². The summed E-state index contributed by atoms with van der Waals surface area (Å²) < 4.78 is 41.4. The van der Waals surface area contributed by atoms with Gasteiger partial charge in [-0.25, -0.2) is 4.98 Å². The van der Waals surface area contributed by atoms with Crippen molar-refractivity contribution in [3.63, 3.8) is 0 Å². The molecule has 4 nitrogen and oxygen atoms in total. The molecule has 0 aliphatic carbocycles. The zero-order valence-electron chi connectivity index (χ0n) is 15.1. The molecule has 1 aromatic heterocycles. The Kier molecular flexibility index (Phi) is 4.80. The average molecular weight is 395 g/mol. The summed E-state index contributed by atoms with van der Waals surface area (Å²) in [6.45, 7) is -0.00403. The van der Waals surface area contributed by atoms with Crippen LogP contribution in [0.3, 0.4) is 0 Å². The van der Waals surface area contributed by atoms with E-state index in [4.69, 9.17) is 0 Å². The van der Waals surface area contributed by atoms with Crippen molar-refractivity contribution in [1.82, 2.24) is 9.55 Å². The first-order chi connectivity index (χ1) is 13.9. The van der Waals surface area contributed by atoms with Crippen molar-refractivity contribution in [2.24, 2.45) is 0 Å². The second-order valence-electron chi connectivity index (χ2n) is 6.53. The summed E-state index contributed by atoms with van der Waals surface area (Å²) in [5, 5.41) is 2.77. The van der Waals surface area contributed by atoms with Gasteiger partial charge in [-0.05, 0) is 42.0 Å². The van der Waals surface area contributed by atoms with Crippen molar-refractivity contribution < 1.29 is 18.0 Å². The molecule has 146 valence electrons. The largest absolute Gasteiger partial charge is 0.449 e. The molecule has 0 saturated carbocycles. The van der Waals surface area contributed by atoms with Gasteiger partial charge in [0, 0.05) is 17.8 Å². The van der Waals surface area contributed by atoms with Gasteiger partial charge in [-0.15, -0.1) is 0 Å². The topological polar surface area (TPSA) is 46.9 Å². The van der Waals surface area contributed by atoms with Crippen molar-refractivity contribution in [1.29, 1.82) is 0 Å². The lowest BCUT2D eigenvalue weighted by atomic mass is 10.1. The van der Waals surface area contributed by atoms with Crippen molar-refractivity contribution in [3.8, 4) is 0 Å². The molecule has 0 radical (unpaired) electrons. The molecule has 0 fully saturated rings. The van der Waals surface area contributed by atoms with Gasteiger partial charge in [0.25, 0.3) is 5.91 Å². The summed E-state index contributed by atoms with van der Waals surface area (Å²) in [7, 11) is 0. The van der Waals surface area contributed by atoms with Gasteiger partial charge < -0.3 is 9.88 Å². The van der Waals surface area contributed by atoms with Crippen molar-refractivity contribution in [2.75, 3.05) is 5.32 Å². The number of imidazole rings is 1. The molecule has 0 aliphatic heterocycles. The quantitative estimate of drug-likeness (QED) is 0.506. The number of para-hydroxylation sites is 3. The standard InChI is InChI=1S/C22H16F3N3O/c23-22(24,25)21-27-18-8-4-5-9-19(18)28(21)14-15-10-12-16(13-11-15)20(29)26-17-6-2-1-3-7-17/h1-13H,14H2,(H,26,29). The minimum atomic E-state index is -4.56. The zero-order valence-corrected chi connectivity index (χ0v) is 15.1. The van der Waals surface area contributed by atoms with E-state index in [0.29, 0.717) is 27.8 Å². The molecular formula is C22H16F3N3O. The first kappa shape index (κ1) is 18.7. The van der Waals surface area contributed by atoms with Crippen molar-refractivity contribution in [2.45, 2.75) is 12.7 Å². The summed E-state index contributed by atoms with van der Waals surface area (Å²) in [5.74, 6) is -1.23. The third-order valence-electron chi connectivity index (χ3n) is 4.50. The maximum Gasteiger partial charge on any atom is 0.449 e. The van der Waals surface area contributed by atoms with Gasteiger partial charge in [-0.3, -0.25) is 4.79 Å². The van der Waals surface area contributed by atoms with Gasteiger partial charge >= 0.3 is 6.18 Å². The maximum atomic E-state index is 13.4. The van der Waals surface area contributed by atoms with Crippen LogP contribution >= 0.6 is 0 Å². The third kappa shape index (κ3) is 3.99. The van der Waals surface area contributed by atoms with E-state index in [1.54, 1.807) is 60.7 Å². The second-order valence-corrected chi connectivity index (χ2v) is 6.53. The number of carbonyl (C=O) groups is 1. The van der Waals surface area contributed by atoms with Crippen LogP contribution in [0, 0.1) is 0 Å². The van der Waals surface area contributed by atoms with Crippen LogP contribution < -0.4 is 5.32 Å². The first-order valence-corrected chi connectivity index (χ1v) is 8.89. The Morgan fingerprint density at radius 2 is 1.55 bits per heavy atom. The van der Waals surface area contributed by atoms with E-state index in [0.717, 1.165) is 4.57 Å². The van der Waals surface area contributed by atoms with Crippen LogP contribution in [-0.4, -0.2) is 15.5 Å². The predicted molar refractivity (Wildman–Crippen MR) is 105 cm³/mol. The minimum absolute atomic E-state index is 0.00403. The van der Waals surface area contributed by atoms with Crippen LogP contribution in [0.2, 0.25) is 0 Å². The Morgan fingerprint density at radius 3 is 2.24 bits per heavy atom. The van der Waals surface area contributed by atoms with E-state index in [1.807, 2.05) is 18.2 Å². The lowest BCUT2D eigenvalue weighted by Crippen LogP contribution is -2.16. The summed E-state index contributed by atoms with van der Waals surface area (Å²) >= 11 is 0. The fourth-order valence-electron chi connectivity index (χ4n) is 3.12. The highest BCUT2D eigenvalue weighted by atomic mass is 19.4. The number of alkyl halides is 3. The average Bonchev–Trinajstić information content (AvgIpc) is 3.08.